The van der Waals surface area contributed by atoms with Crippen LogP contribution in [-0.4, -0.2) is 5.75 Å². The van der Waals surface area contributed by atoms with E-state index in [2.05, 4.69) is 46.3 Å². The molecule has 0 bridgehead atoms. The lowest BCUT2D eigenvalue weighted by molar-refractivity contribution is 1.61. The number of benzene rings is 1. The minimum absolute atomic E-state index is 1.12. The highest BCUT2D eigenvalue weighted by Crippen LogP contribution is 2.49. The van der Waals surface area contributed by atoms with Gasteiger partial charge in [-0.25, -0.2) is 0 Å². The molecule has 1 aliphatic heterocycles. The third-order valence-corrected chi connectivity index (χ3v) is 4.43. The highest BCUT2D eigenvalue weighted by atomic mass is 79.9. The summed E-state index contributed by atoms with van der Waals surface area (Å²) in [4.78, 5) is 0. The Hall–Kier alpha value is -0.470. The molecule has 0 aromatic heterocycles. The summed E-state index contributed by atoms with van der Waals surface area (Å²) in [6.45, 7) is 0. The van der Waals surface area contributed by atoms with Crippen LogP contribution in [0.1, 0.15) is 11.1 Å². The fourth-order valence-corrected chi connectivity index (χ4v) is 3.55. The van der Waals surface area contributed by atoms with Crippen LogP contribution in [0.4, 0.5) is 0 Å². The maximum Gasteiger partial charge on any atom is 0.0588 e. The Labute approximate surface area is 89.9 Å². The van der Waals surface area contributed by atoms with Crippen molar-refractivity contribution < 1.29 is 0 Å². The monoisotopic (exact) mass is 250 g/mol. The quantitative estimate of drug-likeness (QED) is 0.674. The first-order valence-corrected chi connectivity index (χ1v) is 5.97. The van der Waals surface area contributed by atoms with Crippen molar-refractivity contribution in [2.75, 3.05) is 5.75 Å². The fourth-order valence-electron chi connectivity index (χ4n) is 1.84. The number of fused-ring (bicyclic) bond motifs is 3. The number of hydrogen-bond acceptors (Lipinski definition) is 1. The normalized spacial score (nSPS) is 18.7. The molecule has 1 aromatic carbocycles. The van der Waals surface area contributed by atoms with Gasteiger partial charge in [-0.2, -0.15) is 0 Å². The summed E-state index contributed by atoms with van der Waals surface area (Å²) in [5, 5.41) is 0. The Morgan fingerprint density at radius 2 is 2.08 bits per heavy atom. The van der Waals surface area contributed by atoms with Gasteiger partial charge in [0.1, 0.15) is 0 Å². The van der Waals surface area contributed by atoms with Crippen molar-refractivity contribution in [3.8, 4) is 0 Å². The lowest BCUT2D eigenvalue weighted by Crippen LogP contribution is -1.80. The van der Waals surface area contributed by atoms with Gasteiger partial charge in [-0.05, 0) is 38.7 Å². The second-order valence-electron chi connectivity index (χ2n) is 3.19. The molecule has 0 unspecified atom stereocenters. The molecule has 1 heterocycles. The summed E-state index contributed by atoms with van der Waals surface area (Å²) in [7, 11) is 0. The van der Waals surface area contributed by atoms with Crippen LogP contribution in [0.25, 0.3) is 11.6 Å². The van der Waals surface area contributed by atoms with Crippen LogP contribution >= 0.6 is 27.7 Å². The van der Waals surface area contributed by atoms with Gasteiger partial charge >= 0.3 is 0 Å². The molecule has 0 fully saturated rings. The topological polar surface area (TPSA) is 0 Å². The summed E-state index contributed by atoms with van der Waals surface area (Å²) in [6, 6.07) is 8.57. The van der Waals surface area contributed by atoms with Crippen molar-refractivity contribution in [2.45, 2.75) is 0 Å². The van der Waals surface area contributed by atoms with E-state index in [0.29, 0.717) is 0 Å². The fraction of sp³-hybridized carbons (Fsp3) is 0.0909. The SMILES string of the molecule is BrC1=C2C(=Cc3ccccc32)CS1. The van der Waals surface area contributed by atoms with E-state index in [1.54, 1.807) is 0 Å². The summed E-state index contributed by atoms with van der Waals surface area (Å²) in [5.41, 5.74) is 5.64. The second-order valence-corrected chi connectivity index (χ2v) is 5.50. The highest BCUT2D eigenvalue weighted by Gasteiger charge is 2.26. The zero-order chi connectivity index (χ0) is 8.84. The molecule has 3 rings (SSSR count). The van der Waals surface area contributed by atoms with Gasteiger partial charge in [-0.3, -0.25) is 0 Å². The Morgan fingerprint density at radius 3 is 3.00 bits per heavy atom. The molecule has 64 valence electrons. The van der Waals surface area contributed by atoms with Crippen LogP contribution in [0.15, 0.2) is 33.7 Å². The van der Waals surface area contributed by atoms with Crippen LogP contribution in [0.3, 0.4) is 0 Å². The molecule has 2 heteroatoms. The smallest absolute Gasteiger partial charge is 0.0588 e. The second kappa shape index (κ2) is 2.76. The van der Waals surface area contributed by atoms with E-state index < -0.39 is 0 Å². The molecule has 0 spiro atoms. The molecule has 0 nitrogen and oxygen atoms in total. The van der Waals surface area contributed by atoms with Crippen molar-refractivity contribution in [1.29, 1.82) is 0 Å². The summed E-state index contributed by atoms with van der Waals surface area (Å²) in [6.07, 6.45) is 2.30. The van der Waals surface area contributed by atoms with Crippen LogP contribution in [0, 0.1) is 0 Å². The number of allylic oxidation sites excluding steroid dienone is 1. The van der Waals surface area contributed by atoms with Crippen molar-refractivity contribution >= 4 is 39.3 Å². The van der Waals surface area contributed by atoms with Crippen LogP contribution in [0.2, 0.25) is 0 Å². The molecule has 0 atom stereocenters. The number of rotatable bonds is 0. The maximum atomic E-state index is 3.62. The van der Waals surface area contributed by atoms with E-state index in [1.165, 1.54) is 26.1 Å². The predicted octanol–water partition coefficient (Wildman–Crippen LogP) is 3.89. The standard InChI is InChI=1S/C11H7BrS/c12-11-10-8(6-13-11)5-7-3-1-2-4-9(7)10/h1-5H,6H2. The molecule has 0 saturated heterocycles. The van der Waals surface area contributed by atoms with Gasteiger partial charge in [0, 0.05) is 11.3 Å². The Bertz CT molecular complexity index is 443. The predicted molar refractivity (Wildman–Crippen MR) is 62.7 cm³/mol. The largest absolute Gasteiger partial charge is 0.113 e. The zero-order valence-corrected chi connectivity index (χ0v) is 9.28. The summed E-state index contributed by atoms with van der Waals surface area (Å²) in [5.74, 6) is 1.12. The molecule has 1 aliphatic carbocycles. The molecule has 0 radical (unpaired) electrons. The van der Waals surface area contributed by atoms with E-state index in [0.717, 1.165) is 5.75 Å². The molecule has 0 saturated carbocycles. The van der Waals surface area contributed by atoms with Crippen molar-refractivity contribution in [1.82, 2.24) is 0 Å². The van der Waals surface area contributed by atoms with Gasteiger partial charge in [0.2, 0.25) is 0 Å². The van der Waals surface area contributed by atoms with Crippen molar-refractivity contribution in [2.24, 2.45) is 0 Å². The van der Waals surface area contributed by atoms with Gasteiger partial charge < -0.3 is 0 Å². The average molecular weight is 251 g/mol. The van der Waals surface area contributed by atoms with Gasteiger partial charge in [-0.15, -0.1) is 11.8 Å². The van der Waals surface area contributed by atoms with Crippen molar-refractivity contribution in [3.05, 3.63) is 44.8 Å². The van der Waals surface area contributed by atoms with E-state index >= 15 is 0 Å². The summed E-state index contributed by atoms with van der Waals surface area (Å²) >= 11 is 5.50. The molecule has 2 aliphatic rings. The van der Waals surface area contributed by atoms with E-state index in [1.807, 2.05) is 11.8 Å². The van der Waals surface area contributed by atoms with Gasteiger partial charge in [-0.1, -0.05) is 24.3 Å². The molecular formula is C11H7BrS. The Balaban J connectivity index is 2.31. The Morgan fingerprint density at radius 1 is 1.23 bits per heavy atom. The number of hydrogen-bond donors (Lipinski definition) is 0. The minimum atomic E-state index is 1.12. The molecule has 13 heavy (non-hydrogen) atoms. The average Bonchev–Trinajstić information content (AvgIpc) is 2.66. The van der Waals surface area contributed by atoms with Gasteiger partial charge in [0.15, 0.2) is 0 Å². The molecule has 1 aromatic rings. The van der Waals surface area contributed by atoms with Crippen LogP contribution in [0.5, 0.6) is 0 Å². The first-order valence-electron chi connectivity index (χ1n) is 4.19. The lowest BCUT2D eigenvalue weighted by Gasteiger charge is -1.99. The highest BCUT2D eigenvalue weighted by molar-refractivity contribution is 9.14. The third-order valence-electron chi connectivity index (χ3n) is 2.43. The first-order chi connectivity index (χ1) is 6.36. The third kappa shape index (κ3) is 1.05. The van der Waals surface area contributed by atoms with Gasteiger partial charge in [0.05, 0.1) is 3.81 Å². The zero-order valence-electron chi connectivity index (χ0n) is 6.88. The first kappa shape index (κ1) is 7.89. The number of halogens is 1. The van der Waals surface area contributed by atoms with Crippen LogP contribution < -0.4 is 0 Å². The van der Waals surface area contributed by atoms with Crippen molar-refractivity contribution in [3.63, 3.8) is 0 Å². The van der Waals surface area contributed by atoms with E-state index in [4.69, 9.17) is 0 Å². The molecular weight excluding hydrogens is 244 g/mol. The lowest BCUT2D eigenvalue weighted by atomic mass is 10.1. The van der Waals surface area contributed by atoms with E-state index in [9.17, 15) is 0 Å². The molecule has 0 amide bonds. The van der Waals surface area contributed by atoms with E-state index in [-0.39, 0.29) is 0 Å². The number of thioether (sulfide) groups is 1. The van der Waals surface area contributed by atoms with Crippen LogP contribution in [-0.2, 0) is 0 Å². The Kier molecular flexibility index (Phi) is 1.67. The minimum Gasteiger partial charge on any atom is -0.113 e. The van der Waals surface area contributed by atoms with Gasteiger partial charge in [0.25, 0.3) is 0 Å². The summed E-state index contributed by atoms with van der Waals surface area (Å²) < 4.78 is 1.30. The maximum absolute atomic E-state index is 3.62. The molecule has 0 N–H and O–H groups in total.